The molecule has 0 radical (unpaired) electrons. The van der Waals surface area contributed by atoms with Crippen LogP contribution in [0, 0.1) is 5.41 Å². The van der Waals surface area contributed by atoms with Crippen molar-refractivity contribution in [2.24, 2.45) is 5.41 Å². The number of likely N-dealkylation sites (tertiary alicyclic amines) is 1. The first-order valence-corrected chi connectivity index (χ1v) is 6.83. The standard InChI is InChI=1S/C16H21NO3/c1-16(2)12-8-5-11(7-10-14(18)20-4)6-9-13(12)17(3)15(16)19/h6,8-9H,5,7,10H2,1-4H3. The highest BCUT2D eigenvalue weighted by atomic mass is 16.5. The summed E-state index contributed by atoms with van der Waals surface area (Å²) in [6, 6.07) is 0. The minimum atomic E-state index is -0.466. The zero-order chi connectivity index (χ0) is 14.9. The van der Waals surface area contributed by atoms with Crippen LogP contribution in [0.25, 0.3) is 0 Å². The highest BCUT2D eigenvalue weighted by Gasteiger charge is 2.44. The molecule has 0 bridgehead atoms. The van der Waals surface area contributed by atoms with E-state index in [2.05, 4.69) is 10.8 Å². The molecule has 1 saturated heterocycles. The Morgan fingerprint density at radius 1 is 1.40 bits per heavy atom. The van der Waals surface area contributed by atoms with Gasteiger partial charge in [-0.2, -0.15) is 0 Å². The molecule has 1 fully saturated rings. The van der Waals surface area contributed by atoms with E-state index in [0.29, 0.717) is 12.8 Å². The normalized spacial score (nSPS) is 20.7. The predicted molar refractivity (Wildman–Crippen MR) is 76.7 cm³/mol. The van der Waals surface area contributed by atoms with E-state index in [0.717, 1.165) is 17.7 Å². The second kappa shape index (κ2) is 5.27. The van der Waals surface area contributed by atoms with Crippen LogP contribution in [0.15, 0.2) is 35.1 Å². The van der Waals surface area contributed by atoms with Crippen LogP contribution in [0.3, 0.4) is 0 Å². The van der Waals surface area contributed by atoms with Gasteiger partial charge < -0.3 is 9.64 Å². The fraction of sp³-hybridized carbons (Fsp3) is 0.500. The topological polar surface area (TPSA) is 46.6 Å². The van der Waals surface area contributed by atoms with E-state index in [4.69, 9.17) is 0 Å². The second-order valence-electron chi connectivity index (χ2n) is 5.76. The number of fused-ring (bicyclic) bond motifs is 1. The third-order valence-electron chi connectivity index (χ3n) is 4.07. The molecule has 4 nitrogen and oxygen atoms in total. The summed E-state index contributed by atoms with van der Waals surface area (Å²) >= 11 is 0. The van der Waals surface area contributed by atoms with Gasteiger partial charge in [0.05, 0.1) is 12.5 Å². The molecular weight excluding hydrogens is 254 g/mol. The molecule has 2 aliphatic rings. The highest BCUT2D eigenvalue weighted by Crippen LogP contribution is 2.43. The minimum absolute atomic E-state index is 0.126. The number of amides is 1. The van der Waals surface area contributed by atoms with Crippen molar-refractivity contribution < 1.29 is 14.3 Å². The second-order valence-corrected chi connectivity index (χ2v) is 5.76. The number of ether oxygens (including phenoxy) is 1. The minimum Gasteiger partial charge on any atom is -0.469 e. The van der Waals surface area contributed by atoms with Crippen molar-refractivity contribution in [3.8, 4) is 0 Å². The van der Waals surface area contributed by atoms with Gasteiger partial charge >= 0.3 is 5.97 Å². The number of methoxy groups -OCH3 is 1. The molecular formula is C16H21NO3. The zero-order valence-corrected chi connectivity index (χ0v) is 12.5. The van der Waals surface area contributed by atoms with Crippen molar-refractivity contribution in [1.82, 2.24) is 4.90 Å². The molecule has 108 valence electrons. The molecule has 0 aromatic heterocycles. The predicted octanol–water partition coefficient (Wildman–Crippen LogP) is 2.58. The molecule has 0 saturated carbocycles. The van der Waals surface area contributed by atoms with Gasteiger partial charge in [-0.15, -0.1) is 0 Å². The monoisotopic (exact) mass is 275 g/mol. The van der Waals surface area contributed by atoms with E-state index in [1.165, 1.54) is 12.7 Å². The lowest BCUT2D eigenvalue weighted by Gasteiger charge is -2.16. The molecule has 20 heavy (non-hydrogen) atoms. The van der Waals surface area contributed by atoms with Crippen LogP contribution < -0.4 is 0 Å². The summed E-state index contributed by atoms with van der Waals surface area (Å²) < 4.78 is 4.66. The molecule has 0 unspecified atom stereocenters. The molecule has 1 amide bonds. The first kappa shape index (κ1) is 14.6. The third-order valence-corrected chi connectivity index (χ3v) is 4.07. The number of carbonyl (C=O) groups excluding carboxylic acids is 2. The van der Waals surface area contributed by atoms with Crippen LogP contribution in [0.5, 0.6) is 0 Å². The maximum absolute atomic E-state index is 12.2. The molecule has 0 spiro atoms. The quantitative estimate of drug-likeness (QED) is 0.744. The average Bonchev–Trinajstić information content (AvgIpc) is 2.61. The van der Waals surface area contributed by atoms with E-state index in [1.54, 1.807) is 4.90 Å². The first-order valence-electron chi connectivity index (χ1n) is 6.83. The van der Waals surface area contributed by atoms with Gasteiger partial charge in [0.1, 0.15) is 0 Å². The smallest absolute Gasteiger partial charge is 0.305 e. The number of esters is 1. The van der Waals surface area contributed by atoms with Crippen LogP contribution in [-0.2, 0) is 14.3 Å². The summed E-state index contributed by atoms with van der Waals surface area (Å²) in [5, 5.41) is 0. The van der Waals surface area contributed by atoms with E-state index in [9.17, 15) is 9.59 Å². The molecule has 0 aromatic rings. The Kier molecular flexibility index (Phi) is 3.84. The van der Waals surface area contributed by atoms with Crippen LogP contribution >= 0.6 is 0 Å². The van der Waals surface area contributed by atoms with Gasteiger partial charge in [0.2, 0.25) is 5.91 Å². The fourth-order valence-electron chi connectivity index (χ4n) is 2.75. The molecule has 1 aliphatic carbocycles. The number of rotatable bonds is 3. The van der Waals surface area contributed by atoms with Gasteiger partial charge in [0.25, 0.3) is 0 Å². The van der Waals surface area contributed by atoms with E-state index in [-0.39, 0.29) is 11.9 Å². The van der Waals surface area contributed by atoms with Crippen molar-refractivity contribution in [2.75, 3.05) is 14.2 Å². The van der Waals surface area contributed by atoms with Crippen molar-refractivity contribution in [1.29, 1.82) is 0 Å². The molecule has 0 atom stereocenters. The summed E-state index contributed by atoms with van der Waals surface area (Å²) in [7, 11) is 3.21. The number of likely N-dealkylation sites (N-methyl/N-ethyl adjacent to an activating group) is 1. The lowest BCUT2D eigenvalue weighted by Crippen LogP contribution is -2.27. The lowest BCUT2D eigenvalue weighted by atomic mass is 9.85. The van der Waals surface area contributed by atoms with Crippen LogP contribution in [0.4, 0.5) is 0 Å². The Hall–Kier alpha value is -1.84. The summed E-state index contributed by atoms with van der Waals surface area (Å²) in [5.41, 5.74) is 2.76. The van der Waals surface area contributed by atoms with Crippen LogP contribution in [0.2, 0.25) is 0 Å². The SMILES string of the molecule is COC(=O)CCC1=CC=C2C(=CC1)C(C)(C)C(=O)N2C. The first-order chi connectivity index (χ1) is 9.37. The Balaban J connectivity index is 2.20. The Morgan fingerprint density at radius 3 is 2.75 bits per heavy atom. The number of hydrogen-bond acceptors (Lipinski definition) is 3. The number of hydrogen-bond donors (Lipinski definition) is 0. The van der Waals surface area contributed by atoms with Crippen molar-refractivity contribution >= 4 is 11.9 Å². The highest BCUT2D eigenvalue weighted by molar-refractivity contribution is 5.93. The number of allylic oxidation sites excluding steroid dienone is 5. The molecule has 1 heterocycles. The summed E-state index contributed by atoms with van der Waals surface area (Å²) in [4.78, 5) is 25.1. The third kappa shape index (κ3) is 2.42. The van der Waals surface area contributed by atoms with E-state index in [1.807, 2.05) is 33.0 Å². The van der Waals surface area contributed by atoms with Gasteiger partial charge in [-0.25, -0.2) is 0 Å². The van der Waals surface area contributed by atoms with Gasteiger partial charge in [-0.1, -0.05) is 17.7 Å². The Labute approximate surface area is 119 Å². The van der Waals surface area contributed by atoms with Crippen molar-refractivity contribution in [3.63, 3.8) is 0 Å². The van der Waals surface area contributed by atoms with Crippen molar-refractivity contribution in [3.05, 3.63) is 35.1 Å². The van der Waals surface area contributed by atoms with Gasteiger partial charge in [-0.3, -0.25) is 9.59 Å². The molecule has 0 N–H and O–H groups in total. The summed E-state index contributed by atoms with van der Waals surface area (Å²) in [5.74, 6) is -0.0651. The Morgan fingerprint density at radius 2 is 2.10 bits per heavy atom. The fourth-order valence-corrected chi connectivity index (χ4v) is 2.75. The lowest BCUT2D eigenvalue weighted by molar-refractivity contribution is -0.140. The van der Waals surface area contributed by atoms with E-state index >= 15 is 0 Å². The number of nitrogens with zero attached hydrogens (tertiary/aromatic N) is 1. The van der Waals surface area contributed by atoms with Crippen LogP contribution in [0.1, 0.15) is 33.1 Å². The summed E-state index contributed by atoms with van der Waals surface area (Å²) in [6.07, 6.45) is 7.98. The molecule has 1 aliphatic heterocycles. The number of carbonyl (C=O) groups is 2. The van der Waals surface area contributed by atoms with Gasteiger partial charge in [0, 0.05) is 19.2 Å². The maximum atomic E-state index is 12.2. The van der Waals surface area contributed by atoms with E-state index < -0.39 is 5.41 Å². The molecule has 2 rings (SSSR count). The van der Waals surface area contributed by atoms with Gasteiger partial charge in [-0.05, 0) is 38.3 Å². The molecule has 0 aromatic carbocycles. The Bertz CT molecular complexity index is 538. The van der Waals surface area contributed by atoms with Crippen LogP contribution in [-0.4, -0.2) is 30.9 Å². The largest absolute Gasteiger partial charge is 0.469 e. The summed E-state index contributed by atoms with van der Waals surface area (Å²) in [6.45, 7) is 3.91. The maximum Gasteiger partial charge on any atom is 0.305 e. The average molecular weight is 275 g/mol. The van der Waals surface area contributed by atoms with Gasteiger partial charge in [0.15, 0.2) is 0 Å². The van der Waals surface area contributed by atoms with Crippen molar-refractivity contribution in [2.45, 2.75) is 33.1 Å². The molecule has 4 heteroatoms. The zero-order valence-electron chi connectivity index (χ0n) is 12.5.